The summed E-state index contributed by atoms with van der Waals surface area (Å²) >= 11 is 0. The number of hydrogen-bond donors (Lipinski definition) is 1. The number of nitrogens with zero attached hydrogens (tertiary/aromatic N) is 1. The van der Waals surface area contributed by atoms with Crippen molar-refractivity contribution in [2.75, 3.05) is 32.2 Å². The maximum atomic E-state index is 9.00. The Morgan fingerprint density at radius 1 is 1.44 bits per heavy atom. The first-order chi connectivity index (χ1) is 8.83. The summed E-state index contributed by atoms with van der Waals surface area (Å²) < 4.78 is 10.7. The molecule has 1 fully saturated rings. The number of nitriles is 1. The van der Waals surface area contributed by atoms with Gasteiger partial charge in [-0.1, -0.05) is 0 Å². The van der Waals surface area contributed by atoms with Crippen molar-refractivity contribution in [1.29, 1.82) is 5.26 Å². The van der Waals surface area contributed by atoms with Gasteiger partial charge in [-0.3, -0.25) is 0 Å². The molecule has 4 heteroatoms. The van der Waals surface area contributed by atoms with Crippen molar-refractivity contribution >= 4 is 5.69 Å². The summed E-state index contributed by atoms with van der Waals surface area (Å²) in [5, 5.41) is 12.2. The van der Waals surface area contributed by atoms with Crippen LogP contribution < -0.4 is 10.1 Å². The molecule has 1 aliphatic rings. The Bertz CT molecular complexity index is 436. The average molecular weight is 246 g/mol. The molecule has 0 saturated heterocycles. The zero-order valence-corrected chi connectivity index (χ0v) is 10.6. The molecule has 0 atom stereocenters. The molecular formula is C14H18N2O2. The van der Waals surface area contributed by atoms with Crippen molar-refractivity contribution in [3.8, 4) is 11.8 Å². The Hall–Kier alpha value is -1.73. The molecule has 1 aromatic carbocycles. The lowest BCUT2D eigenvalue weighted by Gasteiger charge is -2.10. The summed E-state index contributed by atoms with van der Waals surface area (Å²) in [6.45, 7) is 2.23. The Morgan fingerprint density at radius 3 is 2.94 bits per heavy atom. The normalized spacial score (nSPS) is 14.0. The molecule has 1 saturated carbocycles. The van der Waals surface area contributed by atoms with E-state index < -0.39 is 0 Å². The third-order valence-electron chi connectivity index (χ3n) is 2.96. The highest BCUT2D eigenvalue weighted by Gasteiger charge is 2.20. The molecule has 0 heterocycles. The topological polar surface area (TPSA) is 54.3 Å². The van der Waals surface area contributed by atoms with Crippen LogP contribution in [0, 0.1) is 17.2 Å². The van der Waals surface area contributed by atoms with Crippen LogP contribution in [0.25, 0.3) is 0 Å². The number of nitrogens with one attached hydrogen (secondary N) is 1. The van der Waals surface area contributed by atoms with Crippen LogP contribution in [0.1, 0.15) is 18.4 Å². The second-order valence-electron chi connectivity index (χ2n) is 4.47. The van der Waals surface area contributed by atoms with Crippen LogP contribution in [0.15, 0.2) is 18.2 Å². The van der Waals surface area contributed by atoms with Crippen LogP contribution in [0.3, 0.4) is 0 Å². The summed E-state index contributed by atoms with van der Waals surface area (Å²) in [4.78, 5) is 0. The molecule has 96 valence electrons. The smallest absolute Gasteiger partial charge is 0.121 e. The van der Waals surface area contributed by atoms with Gasteiger partial charge >= 0.3 is 0 Å². The predicted molar refractivity (Wildman–Crippen MR) is 69.7 cm³/mol. The van der Waals surface area contributed by atoms with Crippen LogP contribution in [-0.4, -0.2) is 26.9 Å². The minimum Gasteiger partial charge on any atom is -0.497 e. The fourth-order valence-electron chi connectivity index (χ4n) is 1.69. The van der Waals surface area contributed by atoms with E-state index in [0.717, 1.165) is 24.0 Å². The van der Waals surface area contributed by atoms with Crippen molar-refractivity contribution in [3.05, 3.63) is 23.8 Å². The zero-order chi connectivity index (χ0) is 12.8. The standard InChI is InChI=1S/C14H18N2O2/c1-17-13-5-4-12(9-15)14(8-13)16-6-7-18-10-11-2-3-11/h4-5,8,11,16H,2-3,6-7,10H2,1H3. The fourth-order valence-corrected chi connectivity index (χ4v) is 1.69. The number of rotatable bonds is 7. The van der Waals surface area contributed by atoms with Crippen LogP contribution in [0.5, 0.6) is 5.75 Å². The highest BCUT2D eigenvalue weighted by atomic mass is 16.5. The van der Waals surface area contributed by atoms with Crippen LogP contribution in [0.4, 0.5) is 5.69 Å². The molecule has 1 N–H and O–H groups in total. The minimum atomic E-state index is 0.623. The fraction of sp³-hybridized carbons (Fsp3) is 0.500. The van der Waals surface area contributed by atoms with Gasteiger partial charge in [-0.2, -0.15) is 5.26 Å². The van der Waals surface area contributed by atoms with Crippen molar-refractivity contribution in [3.63, 3.8) is 0 Å². The van der Waals surface area contributed by atoms with Gasteiger partial charge in [0.05, 0.1) is 25.0 Å². The van der Waals surface area contributed by atoms with Gasteiger partial charge in [0.25, 0.3) is 0 Å². The highest BCUT2D eigenvalue weighted by Crippen LogP contribution is 2.28. The quantitative estimate of drug-likeness (QED) is 0.751. The van der Waals surface area contributed by atoms with E-state index in [4.69, 9.17) is 14.7 Å². The molecule has 4 nitrogen and oxygen atoms in total. The molecule has 1 aliphatic carbocycles. The van der Waals surface area contributed by atoms with Gasteiger partial charge in [0.15, 0.2) is 0 Å². The van der Waals surface area contributed by atoms with Crippen LogP contribution >= 0.6 is 0 Å². The first-order valence-electron chi connectivity index (χ1n) is 6.23. The summed E-state index contributed by atoms with van der Waals surface area (Å²) in [5.74, 6) is 1.53. The molecule has 0 aromatic heterocycles. The Balaban J connectivity index is 1.80. The van der Waals surface area contributed by atoms with E-state index in [1.54, 1.807) is 19.2 Å². The molecule has 18 heavy (non-hydrogen) atoms. The third kappa shape index (κ3) is 3.64. The lowest BCUT2D eigenvalue weighted by atomic mass is 10.2. The highest BCUT2D eigenvalue weighted by molar-refractivity contribution is 5.60. The van der Waals surface area contributed by atoms with Crippen molar-refractivity contribution in [2.45, 2.75) is 12.8 Å². The van der Waals surface area contributed by atoms with Crippen molar-refractivity contribution in [1.82, 2.24) is 0 Å². The number of hydrogen-bond acceptors (Lipinski definition) is 4. The number of benzene rings is 1. The summed E-state index contributed by atoms with van der Waals surface area (Å²) in [6, 6.07) is 7.53. The first kappa shape index (κ1) is 12.7. The molecule has 0 spiro atoms. The van der Waals surface area contributed by atoms with Gasteiger partial charge < -0.3 is 14.8 Å². The monoisotopic (exact) mass is 246 g/mol. The van der Waals surface area contributed by atoms with Crippen LogP contribution in [-0.2, 0) is 4.74 Å². The SMILES string of the molecule is COc1ccc(C#N)c(NCCOCC2CC2)c1. The van der Waals surface area contributed by atoms with Crippen molar-refractivity contribution in [2.24, 2.45) is 5.92 Å². The third-order valence-corrected chi connectivity index (χ3v) is 2.96. The molecule has 0 bridgehead atoms. The molecule has 1 aromatic rings. The van der Waals surface area contributed by atoms with E-state index in [1.165, 1.54) is 12.8 Å². The second kappa shape index (κ2) is 6.27. The predicted octanol–water partition coefficient (Wildman–Crippen LogP) is 2.41. The van der Waals surface area contributed by atoms with E-state index in [9.17, 15) is 0 Å². The maximum Gasteiger partial charge on any atom is 0.121 e. The number of anilines is 1. The molecule has 0 unspecified atom stereocenters. The minimum absolute atomic E-state index is 0.623. The van der Waals surface area contributed by atoms with E-state index in [2.05, 4.69) is 11.4 Å². The van der Waals surface area contributed by atoms with Gasteiger partial charge in [0, 0.05) is 19.2 Å². The second-order valence-corrected chi connectivity index (χ2v) is 4.47. The first-order valence-corrected chi connectivity index (χ1v) is 6.23. The zero-order valence-electron chi connectivity index (χ0n) is 10.6. The number of ether oxygens (including phenoxy) is 2. The largest absolute Gasteiger partial charge is 0.497 e. The van der Waals surface area contributed by atoms with E-state index in [1.807, 2.05) is 6.07 Å². The van der Waals surface area contributed by atoms with Gasteiger partial charge in [0.1, 0.15) is 11.8 Å². The van der Waals surface area contributed by atoms with Gasteiger partial charge in [-0.15, -0.1) is 0 Å². The number of methoxy groups -OCH3 is 1. The van der Waals surface area contributed by atoms with Crippen molar-refractivity contribution < 1.29 is 9.47 Å². The average Bonchev–Trinajstić information content (AvgIpc) is 3.22. The molecule has 0 aliphatic heterocycles. The molecule has 0 amide bonds. The lowest BCUT2D eigenvalue weighted by molar-refractivity contribution is 0.134. The lowest BCUT2D eigenvalue weighted by Crippen LogP contribution is -2.11. The summed E-state index contributed by atoms with van der Waals surface area (Å²) in [5.41, 5.74) is 1.42. The van der Waals surface area contributed by atoms with E-state index in [-0.39, 0.29) is 0 Å². The Kier molecular flexibility index (Phi) is 4.43. The molecule has 2 rings (SSSR count). The van der Waals surface area contributed by atoms with Gasteiger partial charge in [0.2, 0.25) is 0 Å². The summed E-state index contributed by atoms with van der Waals surface area (Å²) in [6.07, 6.45) is 2.61. The van der Waals surface area contributed by atoms with E-state index in [0.29, 0.717) is 18.7 Å². The van der Waals surface area contributed by atoms with Gasteiger partial charge in [-0.05, 0) is 30.9 Å². The van der Waals surface area contributed by atoms with Crippen LogP contribution in [0.2, 0.25) is 0 Å². The Morgan fingerprint density at radius 2 is 2.28 bits per heavy atom. The Labute approximate surface area is 108 Å². The van der Waals surface area contributed by atoms with Gasteiger partial charge in [-0.25, -0.2) is 0 Å². The summed E-state index contributed by atoms with van der Waals surface area (Å²) in [7, 11) is 1.61. The maximum absolute atomic E-state index is 9.00. The molecular weight excluding hydrogens is 228 g/mol. The van der Waals surface area contributed by atoms with E-state index >= 15 is 0 Å². The molecule has 0 radical (unpaired) electrons.